The van der Waals surface area contributed by atoms with E-state index in [-0.39, 0.29) is 5.91 Å². The monoisotopic (exact) mass is 232 g/mol. The van der Waals surface area contributed by atoms with Crippen molar-refractivity contribution in [1.82, 2.24) is 4.90 Å². The Hall–Kier alpha value is -1.51. The van der Waals surface area contributed by atoms with Gasteiger partial charge in [0.25, 0.3) is 0 Å². The lowest BCUT2D eigenvalue weighted by molar-refractivity contribution is -0.132. The molecular formula is C14H20N2O. The van der Waals surface area contributed by atoms with Gasteiger partial charge in [0.1, 0.15) is 0 Å². The maximum absolute atomic E-state index is 11.5. The van der Waals surface area contributed by atoms with Gasteiger partial charge in [-0.1, -0.05) is 18.2 Å². The molecule has 1 unspecified atom stereocenters. The quantitative estimate of drug-likeness (QED) is 0.868. The summed E-state index contributed by atoms with van der Waals surface area (Å²) in [6.45, 7) is 3.43. The Morgan fingerprint density at radius 2 is 2.12 bits per heavy atom. The number of carbonyl (C=O) groups excluding carboxylic acids is 1. The molecule has 0 bridgehead atoms. The summed E-state index contributed by atoms with van der Waals surface area (Å²) in [5, 5.41) is 3.41. The van der Waals surface area contributed by atoms with Crippen LogP contribution in [0, 0.1) is 0 Å². The second-order valence-corrected chi connectivity index (χ2v) is 4.61. The molecule has 0 radical (unpaired) electrons. The molecule has 1 fully saturated rings. The standard InChI is InChI=1S/C14H20N2O/c1-12(17)16-10-6-5-9-14(16)11-15-13-7-3-2-4-8-13/h2-4,7-8,14-15H,5-6,9-11H2,1H3. The molecule has 1 aliphatic heterocycles. The minimum Gasteiger partial charge on any atom is -0.383 e. The molecular weight excluding hydrogens is 212 g/mol. The Kier molecular flexibility index (Phi) is 4.02. The molecule has 1 aromatic carbocycles. The Balaban J connectivity index is 1.90. The fourth-order valence-corrected chi connectivity index (χ4v) is 2.42. The average Bonchev–Trinajstić information content (AvgIpc) is 2.38. The fourth-order valence-electron chi connectivity index (χ4n) is 2.42. The van der Waals surface area contributed by atoms with E-state index in [0.717, 1.165) is 31.6 Å². The molecule has 1 amide bonds. The van der Waals surface area contributed by atoms with Crippen LogP contribution in [0.5, 0.6) is 0 Å². The molecule has 0 spiro atoms. The number of nitrogens with one attached hydrogen (secondary N) is 1. The predicted molar refractivity (Wildman–Crippen MR) is 70.0 cm³/mol. The first-order chi connectivity index (χ1) is 8.27. The fraction of sp³-hybridized carbons (Fsp3) is 0.500. The van der Waals surface area contributed by atoms with E-state index in [4.69, 9.17) is 0 Å². The highest BCUT2D eigenvalue weighted by Crippen LogP contribution is 2.17. The largest absolute Gasteiger partial charge is 0.383 e. The van der Waals surface area contributed by atoms with Crippen LogP contribution in [-0.2, 0) is 4.79 Å². The summed E-state index contributed by atoms with van der Waals surface area (Å²) in [7, 11) is 0. The molecule has 1 N–H and O–H groups in total. The number of para-hydroxylation sites is 1. The van der Waals surface area contributed by atoms with Gasteiger partial charge in [0.15, 0.2) is 0 Å². The maximum atomic E-state index is 11.5. The van der Waals surface area contributed by atoms with Crippen molar-refractivity contribution in [3.63, 3.8) is 0 Å². The minimum atomic E-state index is 0.199. The number of hydrogen-bond donors (Lipinski definition) is 1. The van der Waals surface area contributed by atoms with Gasteiger partial charge < -0.3 is 10.2 Å². The lowest BCUT2D eigenvalue weighted by Gasteiger charge is -2.35. The summed E-state index contributed by atoms with van der Waals surface area (Å²) in [6, 6.07) is 10.5. The van der Waals surface area contributed by atoms with Crippen LogP contribution in [0.15, 0.2) is 30.3 Å². The van der Waals surface area contributed by atoms with Gasteiger partial charge in [-0.3, -0.25) is 4.79 Å². The number of amides is 1. The highest BCUT2D eigenvalue weighted by atomic mass is 16.2. The van der Waals surface area contributed by atoms with Crippen molar-refractivity contribution in [3.8, 4) is 0 Å². The van der Waals surface area contributed by atoms with Gasteiger partial charge >= 0.3 is 0 Å². The zero-order valence-corrected chi connectivity index (χ0v) is 10.4. The summed E-state index contributed by atoms with van der Waals surface area (Å²) in [5.74, 6) is 0.199. The van der Waals surface area contributed by atoms with E-state index in [1.807, 2.05) is 23.1 Å². The van der Waals surface area contributed by atoms with Crippen molar-refractivity contribution in [2.75, 3.05) is 18.4 Å². The molecule has 1 aromatic rings. The Morgan fingerprint density at radius 1 is 1.35 bits per heavy atom. The lowest BCUT2D eigenvalue weighted by atomic mass is 10.0. The summed E-state index contributed by atoms with van der Waals surface area (Å²) in [6.07, 6.45) is 3.48. The van der Waals surface area contributed by atoms with Crippen molar-refractivity contribution in [2.24, 2.45) is 0 Å². The first-order valence-electron chi connectivity index (χ1n) is 6.33. The molecule has 1 aliphatic rings. The first-order valence-corrected chi connectivity index (χ1v) is 6.33. The van der Waals surface area contributed by atoms with Gasteiger partial charge in [0.05, 0.1) is 0 Å². The third-order valence-corrected chi connectivity index (χ3v) is 3.35. The Bertz CT molecular complexity index is 364. The van der Waals surface area contributed by atoms with Crippen LogP contribution >= 0.6 is 0 Å². The van der Waals surface area contributed by atoms with Gasteiger partial charge in [-0.25, -0.2) is 0 Å². The smallest absolute Gasteiger partial charge is 0.219 e. The number of benzene rings is 1. The SMILES string of the molecule is CC(=O)N1CCCCC1CNc1ccccc1. The first kappa shape index (κ1) is 12.0. The number of piperidine rings is 1. The molecule has 1 heterocycles. The molecule has 3 nitrogen and oxygen atoms in total. The second-order valence-electron chi connectivity index (χ2n) is 4.61. The number of anilines is 1. The Labute approximate surface area is 103 Å². The van der Waals surface area contributed by atoms with Crippen molar-refractivity contribution in [1.29, 1.82) is 0 Å². The highest BCUT2D eigenvalue weighted by Gasteiger charge is 2.23. The summed E-state index contributed by atoms with van der Waals surface area (Å²) in [5.41, 5.74) is 1.13. The van der Waals surface area contributed by atoms with E-state index in [1.165, 1.54) is 6.42 Å². The van der Waals surface area contributed by atoms with Crippen molar-refractivity contribution >= 4 is 11.6 Å². The number of likely N-dealkylation sites (tertiary alicyclic amines) is 1. The van der Waals surface area contributed by atoms with E-state index in [1.54, 1.807) is 6.92 Å². The molecule has 92 valence electrons. The number of nitrogens with zero attached hydrogens (tertiary/aromatic N) is 1. The molecule has 3 heteroatoms. The molecule has 0 aromatic heterocycles. The summed E-state index contributed by atoms with van der Waals surface area (Å²) in [4.78, 5) is 13.5. The van der Waals surface area contributed by atoms with Crippen molar-refractivity contribution in [2.45, 2.75) is 32.2 Å². The van der Waals surface area contributed by atoms with Crippen LogP contribution in [0.3, 0.4) is 0 Å². The van der Waals surface area contributed by atoms with E-state index < -0.39 is 0 Å². The van der Waals surface area contributed by atoms with Gasteiger partial charge in [0.2, 0.25) is 5.91 Å². The van der Waals surface area contributed by atoms with Crippen LogP contribution in [0.25, 0.3) is 0 Å². The lowest BCUT2D eigenvalue weighted by Crippen LogP contribution is -2.46. The molecule has 17 heavy (non-hydrogen) atoms. The van der Waals surface area contributed by atoms with E-state index in [9.17, 15) is 4.79 Å². The van der Waals surface area contributed by atoms with Gasteiger partial charge in [0, 0.05) is 31.7 Å². The van der Waals surface area contributed by atoms with E-state index in [0.29, 0.717) is 6.04 Å². The highest BCUT2D eigenvalue weighted by molar-refractivity contribution is 5.73. The van der Waals surface area contributed by atoms with Crippen molar-refractivity contribution in [3.05, 3.63) is 30.3 Å². The maximum Gasteiger partial charge on any atom is 0.219 e. The van der Waals surface area contributed by atoms with Gasteiger partial charge in [-0.05, 0) is 31.4 Å². The normalized spacial score (nSPS) is 20.1. The van der Waals surface area contributed by atoms with E-state index >= 15 is 0 Å². The van der Waals surface area contributed by atoms with Crippen LogP contribution in [0.4, 0.5) is 5.69 Å². The topological polar surface area (TPSA) is 32.3 Å². The average molecular weight is 232 g/mol. The third kappa shape index (κ3) is 3.22. The van der Waals surface area contributed by atoms with E-state index in [2.05, 4.69) is 17.4 Å². The zero-order valence-electron chi connectivity index (χ0n) is 10.4. The minimum absolute atomic E-state index is 0.199. The summed E-state index contributed by atoms with van der Waals surface area (Å²) < 4.78 is 0. The van der Waals surface area contributed by atoms with Crippen LogP contribution < -0.4 is 5.32 Å². The molecule has 1 saturated heterocycles. The van der Waals surface area contributed by atoms with Crippen LogP contribution in [0.1, 0.15) is 26.2 Å². The third-order valence-electron chi connectivity index (χ3n) is 3.35. The predicted octanol–water partition coefficient (Wildman–Crippen LogP) is 2.50. The van der Waals surface area contributed by atoms with Crippen molar-refractivity contribution < 1.29 is 4.79 Å². The molecule has 0 aliphatic carbocycles. The molecule has 0 saturated carbocycles. The number of carbonyl (C=O) groups is 1. The zero-order chi connectivity index (χ0) is 12.1. The number of hydrogen-bond acceptors (Lipinski definition) is 2. The Morgan fingerprint density at radius 3 is 2.82 bits per heavy atom. The van der Waals surface area contributed by atoms with Gasteiger partial charge in [-0.2, -0.15) is 0 Å². The van der Waals surface area contributed by atoms with Crippen LogP contribution in [0.2, 0.25) is 0 Å². The number of rotatable bonds is 3. The van der Waals surface area contributed by atoms with Crippen LogP contribution in [-0.4, -0.2) is 29.9 Å². The second kappa shape index (κ2) is 5.71. The molecule has 1 atom stereocenters. The van der Waals surface area contributed by atoms with Gasteiger partial charge in [-0.15, -0.1) is 0 Å². The molecule has 2 rings (SSSR count). The summed E-state index contributed by atoms with van der Waals surface area (Å²) >= 11 is 0.